The summed E-state index contributed by atoms with van der Waals surface area (Å²) in [5, 5.41) is 0. The monoisotopic (exact) mass is 240 g/mol. The Morgan fingerprint density at radius 3 is 2.59 bits per heavy atom. The van der Waals surface area contributed by atoms with Gasteiger partial charge in [-0.1, -0.05) is 0 Å². The van der Waals surface area contributed by atoms with Crippen LogP contribution in [0.4, 0.5) is 0 Å². The van der Waals surface area contributed by atoms with Crippen LogP contribution in [-0.4, -0.2) is 25.2 Å². The van der Waals surface area contributed by atoms with E-state index in [4.69, 9.17) is 13.9 Å². The second kappa shape index (κ2) is 6.73. The van der Waals surface area contributed by atoms with E-state index in [-0.39, 0.29) is 25.0 Å². The molecule has 0 aromatic carbocycles. The van der Waals surface area contributed by atoms with Crippen LogP contribution in [0, 0.1) is 0 Å². The van der Waals surface area contributed by atoms with Gasteiger partial charge in [0.15, 0.2) is 0 Å². The molecule has 1 aromatic heterocycles. The third-order valence-corrected chi connectivity index (χ3v) is 1.99. The maximum atomic E-state index is 11.2. The van der Waals surface area contributed by atoms with E-state index in [1.807, 2.05) is 0 Å². The molecule has 1 rings (SSSR count). The van der Waals surface area contributed by atoms with Crippen molar-refractivity contribution in [2.75, 3.05) is 13.2 Å². The first-order chi connectivity index (χ1) is 8.11. The highest BCUT2D eigenvalue weighted by Gasteiger charge is 2.08. The molecule has 0 aliphatic rings. The summed E-state index contributed by atoms with van der Waals surface area (Å²) < 4.78 is 15.0. The fraction of sp³-hybridized carbons (Fsp3) is 0.500. The lowest BCUT2D eigenvalue weighted by Gasteiger charge is -2.00. The van der Waals surface area contributed by atoms with Crippen molar-refractivity contribution >= 4 is 11.9 Å². The van der Waals surface area contributed by atoms with Gasteiger partial charge in [-0.05, 0) is 19.1 Å². The SMILES string of the molecule is CCOC(=O)Cc1ccc(CCOC(C)=O)o1. The molecule has 0 amide bonds. The zero-order valence-electron chi connectivity index (χ0n) is 10.0. The molecule has 5 heteroatoms. The third kappa shape index (κ3) is 5.19. The molecule has 94 valence electrons. The van der Waals surface area contributed by atoms with Gasteiger partial charge in [0.2, 0.25) is 0 Å². The number of hydrogen-bond acceptors (Lipinski definition) is 5. The maximum absolute atomic E-state index is 11.2. The summed E-state index contributed by atoms with van der Waals surface area (Å²) in [6.45, 7) is 3.75. The predicted octanol–water partition coefficient (Wildman–Crippen LogP) is 1.49. The van der Waals surface area contributed by atoms with Crippen molar-refractivity contribution in [3.05, 3.63) is 23.7 Å². The summed E-state index contributed by atoms with van der Waals surface area (Å²) in [4.78, 5) is 21.7. The maximum Gasteiger partial charge on any atom is 0.313 e. The number of carbonyl (C=O) groups is 2. The molecule has 0 saturated heterocycles. The molecule has 1 heterocycles. The van der Waals surface area contributed by atoms with Gasteiger partial charge >= 0.3 is 11.9 Å². The quantitative estimate of drug-likeness (QED) is 0.705. The summed E-state index contributed by atoms with van der Waals surface area (Å²) >= 11 is 0. The molecule has 0 saturated carbocycles. The van der Waals surface area contributed by atoms with E-state index < -0.39 is 0 Å². The zero-order valence-corrected chi connectivity index (χ0v) is 10.0. The van der Waals surface area contributed by atoms with Crippen LogP contribution < -0.4 is 0 Å². The van der Waals surface area contributed by atoms with E-state index in [1.54, 1.807) is 19.1 Å². The normalized spacial score (nSPS) is 10.0. The molecule has 0 aliphatic heterocycles. The van der Waals surface area contributed by atoms with E-state index >= 15 is 0 Å². The highest BCUT2D eigenvalue weighted by Crippen LogP contribution is 2.10. The molecule has 0 spiro atoms. The topological polar surface area (TPSA) is 65.7 Å². The minimum Gasteiger partial charge on any atom is -0.466 e. The van der Waals surface area contributed by atoms with Gasteiger partial charge in [-0.3, -0.25) is 9.59 Å². The van der Waals surface area contributed by atoms with E-state index in [0.717, 1.165) is 0 Å². The molecular weight excluding hydrogens is 224 g/mol. The summed E-state index contributed by atoms with van der Waals surface area (Å²) in [7, 11) is 0. The lowest BCUT2D eigenvalue weighted by molar-refractivity contribution is -0.142. The predicted molar refractivity (Wildman–Crippen MR) is 59.4 cm³/mol. The van der Waals surface area contributed by atoms with Gasteiger partial charge in [-0.2, -0.15) is 0 Å². The van der Waals surface area contributed by atoms with Crippen molar-refractivity contribution in [1.29, 1.82) is 0 Å². The molecule has 17 heavy (non-hydrogen) atoms. The minimum absolute atomic E-state index is 0.126. The summed E-state index contributed by atoms with van der Waals surface area (Å²) in [5.74, 6) is 0.614. The van der Waals surface area contributed by atoms with Crippen LogP contribution in [0.3, 0.4) is 0 Å². The molecule has 5 nitrogen and oxygen atoms in total. The van der Waals surface area contributed by atoms with Crippen molar-refractivity contribution < 1.29 is 23.5 Å². The molecule has 0 atom stereocenters. The summed E-state index contributed by atoms with van der Waals surface area (Å²) in [6, 6.07) is 3.48. The highest BCUT2D eigenvalue weighted by molar-refractivity contribution is 5.71. The van der Waals surface area contributed by atoms with Crippen LogP contribution in [0.15, 0.2) is 16.5 Å². The second-order valence-corrected chi connectivity index (χ2v) is 3.44. The van der Waals surface area contributed by atoms with Crippen molar-refractivity contribution in [2.45, 2.75) is 26.7 Å². The lowest BCUT2D eigenvalue weighted by Crippen LogP contribution is -2.06. The smallest absolute Gasteiger partial charge is 0.313 e. The van der Waals surface area contributed by atoms with Crippen LogP contribution in [0.2, 0.25) is 0 Å². The largest absolute Gasteiger partial charge is 0.466 e. The number of furan rings is 1. The summed E-state index contributed by atoms with van der Waals surface area (Å²) in [5.41, 5.74) is 0. The van der Waals surface area contributed by atoms with Gasteiger partial charge in [-0.15, -0.1) is 0 Å². The zero-order chi connectivity index (χ0) is 12.7. The van der Waals surface area contributed by atoms with Crippen LogP contribution in [0.1, 0.15) is 25.4 Å². The standard InChI is InChI=1S/C12H16O5/c1-3-15-12(14)8-11-5-4-10(17-11)6-7-16-9(2)13/h4-5H,3,6-8H2,1-2H3. The first-order valence-electron chi connectivity index (χ1n) is 5.48. The Morgan fingerprint density at radius 2 is 1.94 bits per heavy atom. The van der Waals surface area contributed by atoms with E-state index in [0.29, 0.717) is 24.5 Å². The number of carbonyl (C=O) groups excluding carboxylic acids is 2. The lowest BCUT2D eigenvalue weighted by atomic mass is 10.3. The summed E-state index contributed by atoms with van der Waals surface area (Å²) in [6.07, 6.45) is 0.629. The van der Waals surface area contributed by atoms with E-state index in [2.05, 4.69) is 0 Å². The molecule has 0 radical (unpaired) electrons. The van der Waals surface area contributed by atoms with Crippen molar-refractivity contribution in [2.24, 2.45) is 0 Å². The second-order valence-electron chi connectivity index (χ2n) is 3.44. The van der Waals surface area contributed by atoms with Crippen LogP contribution in [0.25, 0.3) is 0 Å². The number of ether oxygens (including phenoxy) is 2. The number of esters is 2. The Hall–Kier alpha value is -1.78. The Balaban J connectivity index is 2.37. The van der Waals surface area contributed by atoms with E-state index in [1.165, 1.54) is 6.92 Å². The van der Waals surface area contributed by atoms with Crippen molar-refractivity contribution in [3.63, 3.8) is 0 Å². The molecule has 0 bridgehead atoms. The fourth-order valence-electron chi connectivity index (χ4n) is 1.30. The number of hydrogen-bond donors (Lipinski definition) is 0. The van der Waals surface area contributed by atoms with Crippen molar-refractivity contribution in [3.8, 4) is 0 Å². The molecule has 0 N–H and O–H groups in total. The molecule has 1 aromatic rings. The van der Waals surface area contributed by atoms with Gasteiger partial charge < -0.3 is 13.9 Å². The average Bonchev–Trinajstić information content (AvgIpc) is 2.65. The Labute approximate surface area is 99.7 Å². The first kappa shape index (κ1) is 13.3. The van der Waals surface area contributed by atoms with Gasteiger partial charge in [0.25, 0.3) is 0 Å². The average molecular weight is 240 g/mol. The van der Waals surface area contributed by atoms with E-state index in [9.17, 15) is 9.59 Å². The Bertz CT molecular complexity index is 380. The number of rotatable bonds is 6. The molecule has 0 aliphatic carbocycles. The molecule has 0 fully saturated rings. The molecule has 0 unspecified atom stereocenters. The first-order valence-corrected chi connectivity index (χ1v) is 5.48. The van der Waals surface area contributed by atoms with Crippen molar-refractivity contribution in [1.82, 2.24) is 0 Å². The van der Waals surface area contributed by atoms with Crippen LogP contribution in [0.5, 0.6) is 0 Å². The van der Waals surface area contributed by atoms with Gasteiger partial charge in [0.05, 0.1) is 13.2 Å². The highest BCUT2D eigenvalue weighted by atomic mass is 16.5. The Kier molecular flexibility index (Phi) is 5.26. The Morgan fingerprint density at radius 1 is 1.24 bits per heavy atom. The van der Waals surface area contributed by atoms with Crippen LogP contribution in [-0.2, 0) is 31.9 Å². The third-order valence-electron chi connectivity index (χ3n) is 1.99. The fourth-order valence-corrected chi connectivity index (χ4v) is 1.30. The van der Waals surface area contributed by atoms with Gasteiger partial charge in [0.1, 0.15) is 17.9 Å². The van der Waals surface area contributed by atoms with Gasteiger partial charge in [0, 0.05) is 13.3 Å². The molecular formula is C12H16O5. The minimum atomic E-state index is -0.316. The van der Waals surface area contributed by atoms with Gasteiger partial charge in [-0.25, -0.2) is 0 Å². The van der Waals surface area contributed by atoms with Crippen LogP contribution >= 0.6 is 0 Å².